The molecule has 3 amide bonds. The first-order valence-electron chi connectivity index (χ1n) is 6.70. The summed E-state index contributed by atoms with van der Waals surface area (Å²) in [6.07, 6.45) is 0. The van der Waals surface area contributed by atoms with E-state index in [4.69, 9.17) is 4.74 Å². The van der Waals surface area contributed by atoms with Crippen molar-refractivity contribution < 1.29 is 19.1 Å². The summed E-state index contributed by atoms with van der Waals surface area (Å²) in [5.74, 6) is -1.61. The Morgan fingerprint density at radius 3 is 2.14 bits per heavy atom. The van der Waals surface area contributed by atoms with Gasteiger partial charge in [0.15, 0.2) is 0 Å². The Bertz CT molecular complexity index is 465. The maximum absolute atomic E-state index is 12.0. The Labute approximate surface area is 124 Å². The average Bonchev–Trinajstić information content (AvgIpc) is 2.46. The summed E-state index contributed by atoms with van der Waals surface area (Å²) >= 11 is 0. The predicted octanol–water partition coefficient (Wildman–Crippen LogP) is -0.239. The zero-order valence-electron chi connectivity index (χ0n) is 12.4. The van der Waals surface area contributed by atoms with E-state index in [2.05, 4.69) is 23.8 Å². The van der Waals surface area contributed by atoms with E-state index in [1.165, 1.54) is 0 Å². The highest BCUT2D eigenvalue weighted by molar-refractivity contribution is 6.03. The monoisotopic (exact) mass is 295 g/mol. The summed E-state index contributed by atoms with van der Waals surface area (Å²) in [6.45, 7) is 12.3. The summed E-state index contributed by atoms with van der Waals surface area (Å²) in [5.41, 5.74) is -0.175. The molecule has 0 saturated carbocycles. The molecule has 1 rings (SSSR count). The SMILES string of the molecule is C=C(NC(=O)C(C)C)C(=O)NC(=C)C(=O)N1CCOCC1. The number of rotatable bonds is 5. The Morgan fingerprint density at radius 1 is 1.05 bits per heavy atom. The second-order valence-corrected chi connectivity index (χ2v) is 4.96. The van der Waals surface area contributed by atoms with Crippen LogP contribution in [0.4, 0.5) is 0 Å². The standard InChI is InChI=1S/C14H21N3O4/c1-9(2)12(18)15-10(3)13(19)16-11(4)14(20)17-5-7-21-8-6-17/h9H,3-8H2,1-2H3,(H,15,18)(H,16,19). The van der Waals surface area contributed by atoms with Crippen molar-refractivity contribution in [2.45, 2.75) is 13.8 Å². The lowest BCUT2D eigenvalue weighted by Gasteiger charge is -2.27. The van der Waals surface area contributed by atoms with Gasteiger partial charge in [0.25, 0.3) is 11.8 Å². The molecule has 0 unspecified atom stereocenters. The van der Waals surface area contributed by atoms with Crippen LogP contribution in [-0.2, 0) is 19.1 Å². The van der Waals surface area contributed by atoms with Crippen LogP contribution in [0.5, 0.6) is 0 Å². The molecule has 0 radical (unpaired) electrons. The van der Waals surface area contributed by atoms with Gasteiger partial charge < -0.3 is 20.3 Å². The van der Waals surface area contributed by atoms with Crippen LogP contribution in [-0.4, -0.2) is 48.9 Å². The van der Waals surface area contributed by atoms with Crippen molar-refractivity contribution in [3.63, 3.8) is 0 Å². The van der Waals surface area contributed by atoms with E-state index >= 15 is 0 Å². The number of amides is 3. The molecule has 116 valence electrons. The summed E-state index contributed by atoms with van der Waals surface area (Å²) in [6, 6.07) is 0. The first-order chi connectivity index (χ1) is 9.82. The lowest BCUT2D eigenvalue weighted by atomic mass is 10.2. The highest BCUT2D eigenvalue weighted by Crippen LogP contribution is 2.02. The van der Waals surface area contributed by atoms with Gasteiger partial charge in [0.05, 0.1) is 24.6 Å². The third-order valence-electron chi connectivity index (χ3n) is 2.89. The molecule has 21 heavy (non-hydrogen) atoms. The number of morpholine rings is 1. The van der Waals surface area contributed by atoms with Gasteiger partial charge in [-0.25, -0.2) is 0 Å². The van der Waals surface area contributed by atoms with E-state index in [0.29, 0.717) is 26.3 Å². The van der Waals surface area contributed by atoms with Crippen LogP contribution in [0, 0.1) is 5.92 Å². The fourth-order valence-electron chi connectivity index (χ4n) is 1.57. The summed E-state index contributed by atoms with van der Waals surface area (Å²) in [7, 11) is 0. The van der Waals surface area contributed by atoms with Crippen molar-refractivity contribution >= 4 is 17.7 Å². The molecule has 1 fully saturated rings. The fourth-order valence-corrected chi connectivity index (χ4v) is 1.57. The van der Waals surface area contributed by atoms with Crippen LogP contribution in [0.15, 0.2) is 24.6 Å². The van der Waals surface area contributed by atoms with Gasteiger partial charge in [-0.3, -0.25) is 14.4 Å². The van der Waals surface area contributed by atoms with Crippen molar-refractivity contribution in [1.29, 1.82) is 0 Å². The second-order valence-electron chi connectivity index (χ2n) is 4.96. The smallest absolute Gasteiger partial charge is 0.271 e. The maximum Gasteiger partial charge on any atom is 0.271 e. The predicted molar refractivity (Wildman–Crippen MR) is 76.8 cm³/mol. The molecule has 0 aromatic carbocycles. The number of nitrogens with zero attached hydrogens (tertiary/aromatic N) is 1. The summed E-state index contributed by atoms with van der Waals surface area (Å²) in [5, 5.41) is 4.71. The molecular formula is C14H21N3O4. The highest BCUT2D eigenvalue weighted by Gasteiger charge is 2.22. The zero-order chi connectivity index (χ0) is 16.0. The Morgan fingerprint density at radius 2 is 1.62 bits per heavy atom. The quantitative estimate of drug-likeness (QED) is 0.685. The van der Waals surface area contributed by atoms with Gasteiger partial charge in [0.2, 0.25) is 5.91 Å². The first kappa shape index (κ1) is 16.9. The molecule has 2 N–H and O–H groups in total. The number of nitrogens with one attached hydrogen (secondary N) is 2. The molecule has 0 aliphatic carbocycles. The van der Waals surface area contributed by atoms with Crippen LogP contribution in [0.3, 0.4) is 0 Å². The van der Waals surface area contributed by atoms with E-state index in [1.807, 2.05) is 0 Å². The molecule has 0 spiro atoms. The van der Waals surface area contributed by atoms with Crippen molar-refractivity contribution in [2.75, 3.05) is 26.3 Å². The van der Waals surface area contributed by atoms with Gasteiger partial charge in [-0.2, -0.15) is 0 Å². The first-order valence-corrected chi connectivity index (χ1v) is 6.70. The normalized spacial score (nSPS) is 14.5. The third kappa shape index (κ3) is 5.03. The number of ether oxygens (including phenoxy) is 1. The number of hydrogen-bond acceptors (Lipinski definition) is 4. The molecule has 1 aliphatic rings. The van der Waals surface area contributed by atoms with Crippen molar-refractivity contribution in [1.82, 2.24) is 15.5 Å². The second kappa shape index (κ2) is 7.58. The van der Waals surface area contributed by atoms with Crippen molar-refractivity contribution in [2.24, 2.45) is 5.92 Å². The largest absolute Gasteiger partial charge is 0.378 e. The van der Waals surface area contributed by atoms with Crippen LogP contribution in [0.25, 0.3) is 0 Å². The van der Waals surface area contributed by atoms with E-state index < -0.39 is 5.91 Å². The molecule has 0 bridgehead atoms. The van der Waals surface area contributed by atoms with E-state index in [0.717, 1.165) is 0 Å². The lowest BCUT2D eigenvalue weighted by Crippen LogP contribution is -2.45. The zero-order valence-corrected chi connectivity index (χ0v) is 12.4. The minimum absolute atomic E-state index is 0.0538. The maximum atomic E-state index is 12.0. The van der Waals surface area contributed by atoms with Gasteiger partial charge >= 0.3 is 0 Å². The molecule has 1 saturated heterocycles. The minimum Gasteiger partial charge on any atom is -0.378 e. The number of carbonyl (C=O) groups excluding carboxylic acids is 3. The van der Waals surface area contributed by atoms with Crippen LogP contribution >= 0.6 is 0 Å². The van der Waals surface area contributed by atoms with E-state index in [9.17, 15) is 14.4 Å². The van der Waals surface area contributed by atoms with Crippen molar-refractivity contribution in [3.8, 4) is 0 Å². The fraction of sp³-hybridized carbons (Fsp3) is 0.500. The minimum atomic E-state index is -0.657. The van der Waals surface area contributed by atoms with E-state index in [1.54, 1.807) is 18.7 Å². The summed E-state index contributed by atoms with van der Waals surface area (Å²) < 4.78 is 5.14. The third-order valence-corrected chi connectivity index (χ3v) is 2.89. The van der Waals surface area contributed by atoms with Gasteiger partial charge in [-0.05, 0) is 0 Å². The number of hydrogen-bond donors (Lipinski definition) is 2. The van der Waals surface area contributed by atoms with Crippen LogP contribution in [0.1, 0.15) is 13.8 Å². The molecule has 0 atom stereocenters. The highest BCUT2D eigenvalue weighted by atomic mass is 16.5. The van der Waals surface area contributed by atoms with Gasteiger partial charge in [-0.1, -0.05) is 27.0 Å². The van der Waals surface area contributed by atoms with Gasteiger partial charge in [0.1, 0.15) is 0 Å². The Hall–Kier alpha value is -2.15. The van der Waals surface area contributed by atoms with Crippen molar-refractivity contribution in [3.05, 3.63) is 24.6 Å². The molecule has 1 heterocycles. The summed E-state index contributed by atoms with van der Waals surface area (Å²) in [4.78, 5) is 36.8. The van der Waals surface area contributed by atoms with Gasteiger partial charge in [0, 0.05) is 19.0 Å². The molecule has 7 nitrogen and oxygen atoms in total. The molecular weight excluding hydrogens is 274 g/mol. The molecule has 0 aromatic rings. The Kier molecular flexibility index (Phi) is 6.10. The topological polar surface area (TPSA) is 87.7 Å². The van der Waals surface area contributed by atoms with Crippen LogP contribution in [0.2, 0.25) is 0 Å². The lowest BCUT2D eigenvalue weighted by molar-refractivity contribution is -0.132. The molecule has 7 heteroatoms. The van der Waals surface area contributed by atoms with E-state index in [-0.39, 0.29) is 29.1 Å². The van der Waals surface area contributed by atoms with Crippen LogP contribution < -0.4 is 10.6 Å². The molecule has 0 aromatic heterocycles. The average molecular weight is 295 g/mol. The Balaban J connectivity index is 2.49. The number of carbonyl (C=O) groups is 3. The molecule has 1 aliphatic heterocycles. The van der Waals surface area contributed by atoms with Gasteiger partial charge in [-0.15, -0.1) is 0 Å².